The summed E-state index contributed by atoms with van der Waals surface area (Å²) in [5, 5.41) is 6.18. The van der Waals surface area contributed by atoms with E-state index in [1.54, 1.807) is 13.2 Å². The average molecular weight is 515 g/mol. The normalized spacial score (nSPS) is 18.3. The van der Waals surface area contributed by atoms with Crippen LogP contribution in [0.15, 0.2) is 23.3 Å². The number of pyridine rings is 1. The molecule has 2 fully saturated rings. The summed E-state index contributed by atoms with van der Waals surface area (Å²) in [6.07, 6.45) is 9.46. The summed E-state index contributed by atoms with van der Waals surface area (Å²) >= 11 is 0. The number of carbonyl (C=O) groups excluding carboxylic acids is 1. The van der Waals surface area contributed by atoms with Crippen LogP contribution in [0.4, 0.5) is 0 Å². The molecule has 1 aliphatic heterocycles. The van der Waals surface area contributed by atoms with Crippen molar-refractivity contribution in [3.8, 4) is 5.88 Å². The van der Waals surface area contributed by atoms with E-state index in [1.165, 1.54) is 12.8 Å². The van der Waals surface area contributed by atoms with Crippen molar-refractivity contribution in [3.63, 3.8) is 0 Å². The molecule has 1 aromatic heterocycles. The fourth-order valence-corrected chi connectivity index (χ4v) is 4.05. The average Bonchev–Trinajstić information content (AvgIpc) is 3.23. The van der Waals surface area contributed by atoms with Gasteiger partial charge >= 0.3 is 0 Å². The fraction of sp³-hybridized carbons (Fsp3) is 0.667. The van der Waals surface area contributed by atoms with E-state index in [9.17, 15) is 4.79 Å². The first-order chi connectivity index (χ1) is 13.7. The molecule has 0 unspecified atom stereocenters. The topological polar surface area (TPSA) is 78.9 Å². The van der Waals surface area contributed by atoms with Crippen LogP contribution in [0.5, 0.6) is 5.88 Å². The van der Waals surface area contributed by atoms with Crippen LogP contribution in [0.1, 0.15) is 50.5 Å². The van der Waals surface area contributed by atoms with Gasteiger partial charge in [-0.15, -0.1) is 24.0 Å². The van der Waals surface area contributed by atoms with Gasteiger partial charge in [0.2, 0.25) is 11.8 Å². The first kappa shape index (κ1) is 23.7. The molecule has 0 radical (unpaired) electrons. The zero-order valence-electron chi connectivity index (χ0n) is 17.5. The van der Waals surface area contributed by atoms with Gasteiger partial charge in [-0.1, -0.05) is 6.07 Å². The number of ether oxygens (including phenoxy) is 1. The molecule has 29 heavy (non-hydrogen) atoms. The van der Waals surface area contributed by atoms with Crippen LogP contribution in [-0.4, -0.2) is 55.0 Å². The summed E-state index contributed by atoms with van der Waals surface area (Å²) in [6.45, 7) is 2.47. The summed E-state index contributed by atoms with van der Waals surface area (Å²) in [7, 11) is 3.52. The number of hydrogen-bond donors (Lipinski definition) is 2. The molecule has 0 spiro atoms. The van der Waals surface area contributed by atoms with Gasteiger partial charge in [0.25, 0.3) is 0 Å². The lowest BCUT2D eigenvalue weighted by atomic mass is 9.93. The Bertz CT molecular complexity index is 671. The minimum atomic E-state index is 0. The zero-order valence-corrected chi connectivity index (χ0v) is 19.9. The molecule has 8 heteroatoms. The maximum atomic E-state index is 11.6. The van der Waals surface area contributed by atoms with E-state index in [2.05, 4.69) is 31.6 Å². The number of amides is 1. The van der Waals surface area contributed by atoms with E-state index in [4.69, 9.17) is 4.74 Å². The van der Waals surface area contributed by atoms with Crippen LogP contribution < -0.4 is 15.4 Å². The molecule has 162 valence electrons. The van der Waals surface area contributed by atoms with E-state index in [0.29, 0.717) is 25.0 Å². The number of aliphatic imine (C=N–C) groups is 1. The van der Waals surface area contributed by atoms with Crippen molar-refractivity contribution in [2.24, 2.45) is 10.9 Å². The Kier molecular flexibility index (Phi) is 9.96. The number of hydrogen-bond acceptors (Lipinski definition) is 4. The third-order valence-corrected chi connectivity index (χ3v) is 5.75. The third-order valence-electron chi connectivity index (χ3n) is 5.75. The zero-order chi connectivity index (χ0) is 19.8. The largest absolute Gasteiger partial charge is 0.474 e. The summed E-state index contributed by atoms with van der Waals surface area (Å²) in [6, 6.07) is 4.01. The van der Waals surface area contributed by atoms with Gasteiger partial charge in [-0.05, 0) is 50.5 Å². The number of nitrogens with zero attached hydrogens (tertiary/aromatic N) is 3. The van der Waals surface area contributed by atoms with Crippen LogP contribution in [0.25, 0.3) is 0 Å². The van der Waals surface area contributed by atoms with E-state index in [0.717, 1.165) is 56.2 Å². The van der Waals surface area contributed by atoms with Crippen molar-refractivity contribution in [1.82, 2.24) is 20.5 Å². The molecule has 2 heterocycles. The van der Waals surface area contributed by atoms with Gasteiger partial charge in [0, 0.05) is 51.9 Å². The summed E-state index contributed by atoms with van der Waals surface area (Å²) < 4.78 is 6.14. The summed E-state index contributed by atoms with van der Waals surface area (Å²) in [5.41, 5.74) is 1.06. The second-order valence-electron chi connectivity index (χ2n) is 7.70. The fourth-order valence-electron chi connectivity index (χ4n) is 4.05. The van der Waals surface area contributed by atoms with E-state index in [-0.39, 0.29) is 29.9 Å². The molecule has 1 saturated carbocycles. The number of nitrogens with one attached hydrogen (secondary N) is 2. The highest BCUT2D eigenvalue weighted by molar-refractivity contribution is 14.0. The van der Waals surface area contributed by atoms with Crippen molar-refractivity contribution in [2.45, 2.75) is 57.6 Å². The predicted octanol–water partition coefficient (Wildman–Crippen LogP) is 2.94. The number of halogens is 1. The van der Waals surface area contributed by atoms with Crippen LogP contribution in [-0.2, 0) is 11.3 Å². The standard InChI is InChI=1S/C21H33N5O2.HI/c1-22-19(27)14-16-9-12-26(13-10-16)21(23-2)25-15-17-6-5-11-24-20(17)28-18-7-3-4-8-18;/h5-6,11,16,18H,3-4,7-10,12-15H2,1-2H3,(H,22,27)(H,23,25);1H. The van der Waals surface area contributed by atoms with E-state index >= 15 is 0 Å². The van der Waals surface area contributed by atoms with E-state index in [1.807, 2.05) is 13.1 Å². The molecule has 0 atom stereocenters. The Morgan fingerprint density at radius 2 is 2.00 bits per heavy atom. The third kappa shape index (κ3) is 7.01. The maximum absolute atomic E-state index is 11.6. The van der Waals surface area contributed by atoms with Crippen molar-refractivity contribution in [2.75, 3.05) is 27.2 Å². The molecule has 0 bridgehead atoms. The lowest BCUT2D eigenvalue weighted by Gasteiger charge is -2.34. The molecule has 1 saturated heterocycles. The second-order valence-corrected chi connectivity index (χ2v) is 7.70. The molecule has 1 amide bonds. The van der Waals surface area contributed by atoms with Crippen LogP contribution in [0, 0.1) is 5.92 Å². The highest BCUT2D eigenvalue weighted by atomic mass is 127. The van der Waals surface area contributed by atoms with Gasteiger partial charge in [-0.3, -0.25) is 9.79 Å². The molecule has 1 aromatic rings. The first-order valence-electron chi connectivity index (χ1n) is 10.5. The maximum Gasteiger partial charge on any atom is 0.220 e. The smallest absolute Gasteiger partial charge is 0.220 e. The molecule has 3 rings (SSSR count). The molecule has 7 nitrogen and oxygen atoms in total. The Balaban J connectivity index is 0.00000300. The molecule has 2 aliphatic rings. The van der Waals surface area contributed by atoms with Crippen LogP contribution in [0.2, 0.25) is 0 Å². The molecule has 2 N–H and O–H groups in total. The summed E-state index contributed by atoms with van der Waals surface area (Å²) in [5.74, 6) is 2.22. The van der Waals surface area contributed by atoms with Gasteiger partial charge in [0.1, 0.15) is 6.10 Å². The highest BCUT2D eigenvalue weighted by Crippen LogP contribution is 2.25. The van der Waals surface area contributed by atoms with Crippen molar-refractivity contribution >= 4 is 35.8 Å². The molecule has 1 aliphatic carbocycles. The Morgan fingerprint density at radius 1 is 1.28 bits per heavy atom. The first-order valence-corrected chi connectivity index (χ1v) is 10.5. The van der Waals surface area contributed by atoms with Crippen LogP contribution in [0.3, 0.4) is 0 Å². The van der Waals surface area contributed by atoms with Gasteiger partial charge in [0.05, 0.1) is 0 Å². The predicted molar refractivity (Wildman–Crippen MR) is 126 cm³/mol. The summed E-state index contributed by atoms with van der Waals surface area (Å²) in [4.78, 5) is 22.8. The number of likely N-dealkylation sites (tertiary alicyclic amines) is 1. The minimum absolute atomic E-state index is 0. The van der Waals surface area contributed by atoms with Crippen LogP contribution >= 0.6 is 24.0 Å². The molecular weight excluding hydrogens is 481 g/mol. The number of rotatable bonds is 6. The number of guanidine groups is 1. The number of piperidine rings is 1. The van der Waals surface area contributed by atoms with Gasteiger partial charge in [-0.2, -0.15) is 0 Å². The SMILES string of the molecule is CN=C(NCc1cccnc1OC1CCCC1)N1CCC(CC(=O)NC)CC1.I. The van der Waals surface area contributed by atoms with Gasteiger partial charge < -0.3 is 20.3 Å². The van der Waals surface area contributed by atoms with Crippen molar-refractivity contribution in [3.05, 3.63) is 23.9 Å². The van der Waals surface area contributed by atoms with Crippen molar-refractivity contribution < 1.29 is 9.53 Å². The minimum Gasteiger partial charge on any atom is -0.474 e. The highest BCUT2D eigenvalue weighted by Gasteiger charge is 2.23. The Labute approximate surface area is 191 Å². The Hall–Kier alpha value is -1.58. The Morgan fingerprint density at radius 3 is 2.66 bits per heavy atom. The monoisotopic (exact) mass is 515 g/mol. The van der Waals surface area contributed by atoms with Crippen molar-refractivity contribution in [1.29, 1.82) is 0 Å². The lowest BCUT2D eigenvalue weighted by Crippen LogP contribution is -2.45. The van der Waals surface area contributed by atoms with E-state index < -0.39 is 0 Å². The lowest BCUT2D eigenvalue weighted by molar-refractivity contribution is -0.121. The number of aromatic nitrogens is 1. The van der Waals surface area contributed by atoms with Gasteiger partial charge in [0.15, 0.2) is 5.96 Å². The van der Waals surface area contributed by atoms with Gasteiger partial charge in [-0.25, -0.2) is 4.98 Å². The quantitative estimate of drug-likeness (QED) is 0.346. The molecular formula is C21H34IN5O2. The second kappa shape index (κ2) is 12.2. The number of carbonyl (C=O) groups is 1. The molecule has 0 aromatic carbocycles.